The number of nitrogens with zero attached hydrogens (tertiary/aromatic N) is 1. The number of amides is 2. The molecule has 1 aliphatic rings. The van der Waals surface area contributed by atoms with E-state index in [1.54, 1.807) is 23.1 Å². The van der Waals surface area contributed by atoms with Crippen molar-refractivity contribution in [1.29, 1.82) is 0 Å². The van der Waals surface area contributed by atoms with Crippen LogP contribution in [0.1, 0.15) is 34.7 Å². The minimum Gasteiger partial charge on any atom is -0.490 e. The molecule has 0 aliphatic carbocycles. The normalized spacial score (nSPS) is 14.2. The summed E-state index contributed by atoms with van der Waals surface area (Å²) >= 11 is 6.76. The van der Waals surface area contributed by atoms with Crippen LogP contribution in [-0.4, -0.2) is 29.3 Å². The van der Waals surface area contributed by atoms with Gasteiger partial charge in [-0.1, -0.05) is 59.9 Å². The maximum atomic E-state index is 13.2. The van der Waals surface area contributed by atoms with Crippen LogP contribution in [0, 0.1) is 27.7 Å². The first-order valence-electron chi connectivity index (χ1n) is 12.3. The third-order valence-electron chi connectivity index (χ3n) is 5.92. The summed E-state index contributed by atoms with van der Waals surface area (Å²) in [4.78, 5) is 27.9. The number of anilines is 2. The van der Waals surface area contributed by atoms with Gasteiger partial charge in [0.15, 0.2) is 22.4 Å². The average Bonchev–Trinajstić information content (AvgIpc) is 3.13. The van der Waals surface area contributed by atoms with Gasteiger partial charge < -0.3 is 14.8 Å². The van der Waals surface area contributed by atoms with Gasteiger partial charge >= 0.3 is 0 Å². The fourth-order valence-electron chi connectivity index (χ4n) is 4.31. The molecular weight excluding hydrogens is 516 g/mol. The maximum Gasteiger partial charge on any atom is 0.270 e. The van der Waals surface area contributed by atoms with Crippen molar-refractivity contribution in [3.8, 4) is 11.5 Å². The number of benzene rings is 3. The molecule has 1 fully saturated rings. The van der Waals surface area contributed by atoms with E-state index < -0.39 is 0 Å². The van der Waals surface area contributed by atoms with E-state index in [-0.39, 0.29) is 18.4 Å². The highest BCUT2D eigenvalue weighted by atomic mass is 32.2. The smallest absolute Gasteiger partial charge is 0.270 e. The van der Waals surface area contributed by atoms with Crippen LogP contribution in [0.25, 0.3) is 6.08 Å². The number of carbonyl (C=O) groups excluding carboxylic acids is 2. The molecular formula is C30H30N2O4S2. The summed E-state index contributed by atoms with van der Waals surface area (Å²) in [7, 11) is 0. The molecule has 0 saturated carbocycles. The van der Waals surface area contributed by atoms with Crippen LogP contribution in [0.2, 0.25) is 0 Å². The summed E-state index contributed by atoms with van der Waals surface area (Å²) in [6.45, 7) is 10.1. The number of nitrogens with one attached hydrogen (secondary N) is 1. The van der Waals surface area contributed by atoms with Crippen molar-refractivity contribution in [2.75, 3.05) is 23.4 Å². The third kappa shape index (κ3) is 6.26. The van der Waals surface area contributed by atoms with E-state index in [0.29, 0.717) is 27.3 Å². The first kappa shape index (κ1) is 27.4. The highest BCUT2D eigenvalue weighted by Crippen LogP contribution is 2.37. The largest absolute Gasteiger partial charge is 0.490 e. The number of thiocarbonyl (C=S) groups is 1. The Labute approximate surface area is 233 Å². The Hall–Kier alpha value is -3.62. The van der Waals surface area contributed by atoms with Crippen molar-refractivity contribution in [2.24, 2.45) is 0 Å². The second-order valence-electron chi connectivity index (χ2n) is 9.11. The zero-order valence-electron chi connectivity index (χ0n) is 22.1. The average molecular weight is 547 g/mol. The van der Waals surface area contributed by atoms with Crippen LogP contribution in [0.15, 0.2) is 59.5 Å². The van der Waals surface area contributed by atoms with Gasteiger partial charge in [0.25, 0.3) is 11.8 Å². The van der Waals surface area contributed by atoms with E-state index in [1.807, 2.05) is 77.1 Å². The van der Waals surface area contributed by atoms with Crippen molar-refractivity contribution in [3.63, 3.8) is 0 Å². The number of hydrogen-bond donors (Lipinski definition) is 1. The topological polar surface area (TPSA) is 67.9 Å². The van der Waals surface area contributed by atoms with Crippen LogP contribution in [0.5, 0.6) is 11.5 Å². The molecule has 2 amide bonds. The number of hydrogen-bond acceptors (Lipinski definition) is 6. The van der Waals surface area contributed by atoms with Crippen LogP contribution < -0.4 is 19.7 Å². The lowest BCUT2D eigenvalue weighted by Gasteiger charge is -2.15. The number of carbonyl (C=O) groups is 2. The van der Waals surface area contributed by atoms with Crippen molar-refractivity contribution < 1.29 is 19.1 Å². The van der Waals surface area contributed by atoms with Crippen molar-refractivity contribution in [1.82, 2.24) is 0 Å². The predicted molar refractivity (Wildman–Crippen MR) is 159 cm³/mol. The Morgan fingerprint density at radius 3 is 2.39 bits per heavy atom. The lowest BCUT2D eigenvalue weighted by molar-refractivity contribution is -0.118. The van der Waals surface area contributed by atoms with E-state index >= 15 is 0 Å². The number of thioether (sulfide) groups is 1. The van der Waals surface area contributed by atoms with E-state index in [1.165, 1.54) is 11.8 Å². The number of aryl methyl sites for hydroxylation is 4. The van der Waals surface area contributed by atoms with E-state index in [9.17, 15) is 9.59 Å². The van der Waals surface area contributed by atoms with Gasteiger partial charge in [-0.15, -0.1) is 0 Å². The van der Waals surface area contributed by atoms with Crippen molar-refractivity contribution >= 4 is 57.6 Å². The fourth-order valence-corrected chi connectivity index (χ4v) is 5.61. The molecule has 0 unspecified atom stereocenters. The fraction of sp³-hybridized carbons (Fsp3) is 0.233. The first-order valence-corrected chi connectivity index (χ1v) is 13.5. The molecule has 1 heterocycles. The van der Waals surface area contributed by atoms with Gasteiger partial charge in [-0.3, -0.25) is 14.5 Å². The van der Waals surface area contributed by atoms with Crippen molar-refractivity contribution in [3.05, 3.63) is 87.3 Å². The SMILES string of the molecule is CCOc1cc(/C=C2\SC(=S)N(c3cccc(C)c3)C2=O)ccc1OCC(=O)Nc1c(C)cc(C)cc1C. The van der Waals surface area contributed by atoms with Gasteiger partial charge in [0.2, 0.25) is 0 Å². The molecule has 4 rings (SSSR count). The Morgan fingerprint density at radius 1 is 0.974 bits per heavy atom. The maximum absolute atomic E-state index is 13.2. The standard InChI is InChI=1S/C30H30N2O4S2/c1-6-35-25-15-22(16-26-29(34)32(30(37)38-26)23-9-7-8-18(2)14-23)10-11-24(25)36-17-27(33)31-28-20(4)12-19(3)13-21(28)5/h7-16H,6,17H2,1-5H3,(H,31,33)/b26-16-. The molecule has 38 heavy (non-hydrogen) atoms. The zero-order chi connectivity index (χ0) is 27.4. The zero-order valence-corrected chi connectivity index (χ0v) is 23.7. The lowest BCUT2D eigenvalue weighted by atomic mass is 10.1. The van der Waals surface area contributed by atoms with E-state index in [0.717, 1.165) is 39.2 Å². The summed E-state index contributed by atoms with van der Waals surface area (Å²) in [5.41, 5.74) is 6.52. The van der Waals surface area contributed by atoms with Crippen molar-refractivity contribution in [2.45, 2.75) is 34.6 Å². The molecule has 3 aromatic carbocycles. The molecule has 0 radical (unpaired) electrons. The Morgan fingerprint density at radius 2 is 1.71 bits per heavy atom. The lowest BCUT2D eigenvalue weighted by Crippen LogP contribution is -2.27. The highest BCUT2D eigenvalue weighted by Gasteiger charge is 2.33. The molecule has 8 heteroatoms. The molecule has 0 aromatic heterocycles. The van der Waals surface area contributed by atoms with Crippen LogP contribution in [0.3, 0.4) is 0 Å². The number of rotatable bonds is 8. The van der Waals surface area contributed by atoms with Gasteiger partial charge in [0.1, 0.15) is 0 Å². The molecule has 0 atom stereocenters. The van der Waals surface area contributed by atoms with E-state index in [4.69, 9.17) is 21.7 Å². The molecule has 1 N–H and O–H groups in total. The van der Waals surface area contributed by atoms with Crippen LogP contribution in [-0.2, 0) is 9.59 Å². The summed E-state index contributed by atoms with van der Waals surface area (Å²) in [6, 6.07) is 17.1. The molecule has 1 saturated heterocycles. The second-order valence-corrected chi connectivity index (χ2v) is 10.8. The van der Waals surface area contributed by atoms with Gasteiger partial charge in [0.05, 0.1) is 17.2 Å². The second kappa shape index (κ2) is 11.8. The van der Waals surface area contributed by atoms with Gasteiger partial charge in [-0.25, -0.2) is 0 Å². The summed E-state index contributed by atoms with van der Waals surface area (Å²) in [5, 5.41) is 2.95. The third-order valence-corrected chi connectivity index (χ3v) is 7.22. The molecule has 6 nitrogen and oxygen atoms in total. The minimum absolute atomic E-state index is 0.165. The molecule has 0 bridgehead atoms. The molecule has 0 spiro atoms. The predicted octanol–water partition coefficient (Wildman–Crippen LogP) is 6.74. The van der Waals surface area contributed by atoms with E-state index in [2.05, 4.69) is 5.32 Å². The summed E-state index contributed by atoms with van der Waals surface area (Å²) in [5.74, 6) is 0.517. The minimum atomic E-state index is -0.258. The Kier molecular flexibility index (Phi) is 8.54. The molecule has 196 valence electrons. The number of ether oxygens (including phenoxy) is 2. The van der Waals surface area contributed by atoms with Gasteiger partial charge in [-0.2, -0.15) is 0 Å². The van der Waals surface area contributed by atoms with Crippen LogP contribution >= 0.6 is 24.0 Å². The Balaban J connectivity index is 1.48. The molecule has 3 aromatic rings. The summed E-state index contributed by atoms with van der Waals surface area (Å²) < 4.78 is 12.1. The monoisotopic (exact) mass is 546 g/mol. The Bertz CT molecular complexity index is 1420. The summed E-state index contributed by atoms with van der Waals surface area (Å²) in [6.07, 6.45) is 1.79. The van der Waals surface area contributed by atoms with Gasteiger partial charge in [0, 0.05) is 5.69 Å². The van der Waals surface area contributed by atoms with Gasteiger partial charge in [-0.05, 0) is 87.2 Å². The van der Waals surface area contributed by atoms with Crippen LogP contribution in [0.4, 0.5) is 11.4 Å². The molecule has 1 aliphatic heterocycles. The first-order chi connectivity index (χ1) is 18.2. The highest BCUT2D eigenvalue weighted by molar-refractivity contribution is 8.27. The quantitative estimate of drug-likeness (QED) is 0.249.